The van der Waals surface area contributed by atoms with Crippen molar-refractivity contribution in [3.05, 3.63) is 23.8 Å². The zero-order valence-electron chi connectivity index (χ0n) is 11.4. The minimum atomic E-state index is -0.944. The number of nitrogens with two attached hydrogens (primary N) is 1. The molecule has 0 unspecified atom stereocenters. The molecule has 0 aromatic heterocycles. The van der Waals surface area contributed by atoms with Crippen molar-refractivity contribution < 1.29 is 13.5 Å². The van der Waals surface area contributed by atoms with E-state index in [1.165, 1.54) is 25.3 Å². The summed E-state index contributed by atoms with van der Waals surface area (Å²) < 4.78 is 33.4. The van der Waals surface area contributed by atoms with Gasteiger partial charge in [-0.25, -0.2) is 4.39 Å². The molecule has 2 N–H and O–H groups in total. The topological polar surface area (TPSA) is 35.2 Å². The molecule has 2 nitrogen and oxygen atoms in total. The lowest BCUT2D eigenvalue weighted by Gasteiger charge is -2.56. The Morgan fingerprint density at radius 2 is 1.55 bits per heavy atom. The monoisotopic (exact) mass is 279 g/mol. The van der Waals surface area contributed by atoms with Crippen molar-refractivity contribution in [2.24, 2.45) is 17.8 Å². The molecule has 0 aliphatic heterocycles. The maximum atomic E-state index is 14.0. The Morgan fingerprint density at radius 1 is 1.00 bits per heavy atom. The zero-order valence-corrected chi connectivity index (χ0v) is 11.4. The first kappa shape index (κ1) is 12.4. The Kier molecular flexibility index (Phi) is 2.54. The highest BCUT2D eigenvalue weighted by Crippen LogP contribution is 2.57. The van der Waals surface area contributed by atoms with Crippen molar-refractivity contribution in [3.8, 4) is 5.75 Å². The van der Waals surface area contributed by atoms with Crippen LogP contribution in [0.15, 0.2) is 12.1 Å². The van der Waals surface area contributed by atoms with Crippen molar-refractivity contribution in [2.75, 3.05) is 5.73 Å². The number of ether oxygens (including phenoxy) is 1. The molecule has 4 fully saturated rings. The highest BCUT2D eigenvalue weighted by Gasteiger charge is 2.53. The van der Waals surface area contributed by atoms with Gasteiger partial charge in [0.25, 0.3) is 0 Å². The third-order valence-electron chi connectivity index (χ3n) is 5.38. The van der Waals surface area contributed by atoms with E-state index in [0.717, 1.165) is 25.3 Å². The van der Waals surface area contributed by atoms with E-state index >= 15 is 0 Å². The van der Waals surface area contributed by atoms with Crippen LogP contribution in [-0.4, -0.2) is 5.60 Å². The molecule has 20 heavy (non-hydrogen) atoms. The van der Waals surface area contributed by atoms with Gasteiger partial charge in [-0.2, -0.15) is 4.39 Å². The van der Waals surface area contributed by atoms with Gasteiger partial charge in [-0.05, 0) is 68.4 Å². The number of nitrogen functional groups attached to an aromatic ring is 1. The zero-order chi connectivity index (χ0) is 13.9. The number of rotatable bonds is 2. The minimum absolute atomic E-state index is 0.0769. The molecule has 0 radical (unpaired) electrons. The molecule has 4 aliphatic rings. The van der Waals surface area contributed by atoms with E-state index in [0.29, 0.717) is 17.8 Å². The number of halogens is 2. The first-order valence-electron chi connectivity index (χ1n) is 7.47. The third-order valence-corrected chi connectivity index (χ3v) is 5.38. The lowest BCUT2D eigenvalue weighted by molar-refractivity contribution is -0.108. The van der Waals surface area contributed by atoms with Crippen LogP contribution in [-0.2, 0) is 0 Å². The standard InChI is InChI=1S/C16H19F2NO/c17-12-1-2-13(19)15(14(12)18)20-16-6-9-3-10(7-16)5-11(4-9)8-16/h1-2,9-11H,3-8,19H2. The van der Waals surface area contributed by atoms with Crippen molar-refractivity contribution in [1.82, 2.24) is 0 Å². The lowest BCUT2D eigenvalue weighted by Crippen LogP contribution is -2.53. The summed E-state index contributed by atoms with van der Waals surface area (Å²) in [6.07, 6.45) is 6.74. The predicted octanol–water partition coefficient (Wildman–Crippen LogP) is 3.89. The summed E-state index contributed by atoms with van der Waals surface area (Å²) in [5.41, 5.74) is 5.67. The quantitative estimate of drug-likeness (QED) is 0.833. The molecule has 4 bridgehead atoms. The number of anilines is 1. The van der Waals surface area contributed by atoms with Gasteiger partial charge in [0.05, 0.1) is 5.69 Å². The number of hydrogen-bond donors (Lipinski definition) is 1. The summed E-state index contributed by atoms with van der Waals surface area (Å²) in [6, 6.07) is 2.44. The van der Waals surface area contributed by atoms with Crippen molar-refractivity contribution in [2.45, 2.75) is 44.1 Å². The Balaban J connectivity index is 1.68. The van der Waals surface area contributed by atoms with Crippen molar-refractivity contribution >= 4 is 5.69 Å². The van der Waals surface area contributed by atoms with Crippen LogP contribution in [0.2, 0.25) is 0 Å². The summed E-state index contributed by atoms with van der Waals surface area (Å²) in [5, 5.41) is 0. The van der Waals surface area contributed by atoms with Gasteiger partial charge in [0, 0.05) is 0 Å². The van der Waals surface area contributed by atoms with Crippen LogP contribution in [0.25, 0.3) is 0 Å². The summed E-state index contributed by atoms with van der Waals surface area (Å²) in [5.74, 6) is 0.170. The largest absolute Gasteiger partial charge is 0.482 e. The lowest BCUT2D eigenvalue weighted by atomic mass is 9.54. The van der Waals surface area contributed by atoms with E-state index in [-0.39, 0.29) is 17.0 Å². The van der Waals surface area contributed by atoms with Gasteiger partial charge >= 0.3 is 0 Å². The van der Waals surface area contributed by atoms with E-state index in [1.54, 1.807) is 0 Å². The third kappa shape index (κ3) is 1.80. The van der Waals surface area contributed by atoms with E-state index in [4.69, 9.17) is 10.5 Å². The second-order valence-electron chi connectivity index (χ2n) is 6.98. The van der Waals surface area contributed by atoms with Gasteiger partial charge in [0.2, 0.25) is 5.82 Å². The Hall–Kier alpha value is -1.32. The molecule has 0 spiro atoms. The van der Waals surface area contributed by atoms with Crippen molar-refractivity contribution in [3.63, 3.8) is 0 Å². The van der Waals surface area contributed by atoms with Gasteiger partial charge in [0.1, 0.15) is 5.60 Å². The van der Waals surface area contributed by atoms with Gasteiger partial charge in [-0.1, -0.05) is 0 Å². The maximum absolute atomic E-state index is 14.0. The van der Waals surface area contributed by atoms with Crippen LogP contribution in [0, 0.1) is 29.4 Å². The second kappa shape index (κ2) is 4.09. The van der Waals surface area contributed by atoms with Crippen LogP contribution in [0.4, 0.5) is 14.5 Å². The normalized spacial score (nSPS) is 38.2. The highest BCUT2D eigenvalue weighted by molar-refractivity contribution is 5.53. The molecule has 4 heteroatoms. The van der Waals surface area contributed by atoms with E-state index < -0.39 is 11.6 Å². The molecule has 0 atom stereocenters. The van der Waals surface area contributed by atoms with E-state index in [2.05, 4.69) is 0 Å². The molecule has 4 saturated carbocycles. The fourth-order valence-corrected chi connectivity index (χ4v) is 5.02. The minimum Gasteiger partial charge on any atom is -0.482 e. The van der Waals surface area contributed by atoms with Crippen LogP contribution in [0.1, 0.15) is 38.5 Å². The van der Waals surface area contributed by atoms with Crippen molar-refractivity contribution in [1.29, 1.82) is 0 Å². The average molecular weight is 279 g/mol. The molecule has 4 aliphatic carbocycles. The number of benzene rings is 1. The summed E-state index contributed by atoms with van der Waals surface area (Å²) >= 11 is 0. The van der Waals surface area contributed by atoms with Gasteiger partial charge in [0.15, 0.2) is 11.6 Å². The van der Waals surface area contributed by atoms with Crippen LogP contribution >= 0.6 is 0 Å². The van der Waals surface area contributed by atoms with Gasteiger partial charge < -0.3 is 10.5 Å². The summed E-state index contributed by atoms with van der Waals surface area (Å²) in [6.45, 7) is 0. The van der Waals surface area contributed by atoms with Gasteiger partial charge in [-0.3, -0.25) is 0 Å². The molecule has 1 aromatic rings. The molecule has 0 saturated heterocycles. The highest BCUT2D eigenvalue weighted by atomic mass is 19.2. The van der Waals surface area contributed by atoms with Gasteiger partial charge in [-0.15, -0.1) is 0 Å². The molecule has 0 heterocycles. The first-order chi connectivity index (χ1) is 9.55. The smallest absolute Gasteiger partial charge is 0.202 e. The second-order valence-corrected chi connectivity index (χ2v) is 6.98. The fourth-order valence-electron chi connectivity index (χ4n) is 5.02. The van der Waals surface area contributed by atoms with Crippen LogP contribution in [0.3, 0.4) is 0 Å². The van der Waals surface area contributed by atoms with E-state index in [9.17, 15) is 8.78 Å². The summed E-state index contributed by atoms with van der Waals surface area (Å²) in [4.78, 5) is 0. The SMILES string of the molecule is Nc1ccc(F)c(F)c1OC12CC3CC(CC(C3)C1)C2. The predicted molar refractivity (Wildman–Crippen MR) is 72.3 cm³/mol. The molecule has 5 rings (SSSR count). The molecular formula is C16H19F2NO. The van der Waals surface area contributed by atoms with E-state index in [1.807, 2.05) is 0 Å². The number of hydrogen-bond acceptors (Lipinski definition) is 2. The molecule has 0 amide bonds. The Morgan fingerprint density at radius 3 is 2.10 bits per heavy atom. The molecular weight excluding hydrogens is 260 g/mol. The Bertz CT molecular complexity index is 522. The summed E-state index contributed by atoms with van der Waals surface area (Å²) in [7, 11) is 0. The van der Waals surface area contributed by atoms with Crippen LogP contribution in [0.5, 0.6) is 5.75 Å². The van der Waals surface area contributed by atoms with Crippen LogP contribution < -0.4 is 10.5 Å². The molecule has 1 aromatic carbocycles. The average Bonchev–Trinajstić information content (AvgIpc) is 2.38. The Labute approximate surface area is 117 Å². The fraction of sp³-hybridized carbons (Fsp3) is 0.625. The molecule has 108 valence electrons. The maximum Gasteiger partial charge on any atom is 0.202 e. The first-order valence-corrected chi connectivity index (χ1v) is 7.47.